The van der Waals surface area contributed by atoms with Crippen molar-refractivity contribution in [2.24, 2.45) is 0 Å². The summed E-state index contributed by atoms with van der Waals surface area (Å²) in [6.45, 7) is 0.438. The molecule has 0 aliphatic carbocycles. The molecule has 0 amide bonds. The van der Waals surface area contributed by atoms with Crippen LogP contribution in [0.2, 0.25) is 5.02 Å². The van der Waals surface area contributed by atoms with E-state index in [1.807, 2.05) is 0 Å². The third kappa shape index (κ3) is 3.27. The molecule has 0 aliphatic rings. The number of hydrogen-bond acceptors (Lipinski definition) is 3. The van der Waals surface area contributed by atoms with Gasteiger partial charge < -0.3 is 5.11 Å². The van der Waals surface area contributed by atoms with E-state index in [0.717, 1.165) is 5.69 Å². The average molecular weight is 270 g/mol. The van der Waals surface area contributed by atoms with Crippen LogP contribution in [0.25, 0.3) is 0 Å². The number of aliphatic hydroxyl groups excluding tert-OH is 1. The first-order valence-electron chi connectivity index (χ1n) is 5.63. The standard InChI is InChI=1S/C12H13ClFN3O/c13-10-4-3-9(12(14)6-10)7-17-8-11(15-16-17)2-1-5-18/h3-4,6,8,18H,1-2,5,7H2. The zero-order chi connectivity index (χ0) is 13.0. The zero-order valence-electron chi connectivity index (χ0n) is 9.68. The molecular formula is C12H13ClFN3O. The highest BCUT2D eigenvalue weighted by atomic mass is 35.5. The molecule has 0 radical (unpaired) electrons. The average Bonchev–Trinajstić information content (AvgIpc) is 2.78. The second-order valence-electron chi connectivity index (χ2n) is 3.97. The molecule has 0 saturated carbocycles. The maximum atomic E-state index is 13.6. The molecule has 0 unspecified atom stereocenters. The third-order valence-corrected chi connectivity index (χ3v) is 2.76. The summed E-state index contributed by atoms with van der Waals surface area (Å²) in [5.74, 6) is -0.352. The number of aliphatic hydroxyl groups is 1. The first-order chi connectivity index (χ1) is 8.69. The van der Waals surface area contributed by atoms with Gasteiger partial charge in [0.25, 0.3) is 0 Å². The molecule has 0 saturated heterocycles. The predicted molar refractivity (Wildman–Crippen MR) is 65.9 cm³/mol. The van der Waals surface area contributed by atoms with Gasteiger partial charge in [0, 0.05) is 23.4 Å². The second-order valence-corrected chi connectivity index (χ2v) is 4.41. The van der Waals surface area contributed by atoms with E-state index >= 15 is 0 Å². The van der Waals surface area contributed by atoms with Crippen LogP contribution >= 0.6 is 11.6 Å². The highest BCUT2D eigenvalue weighted by Crippen LogP contribution is 2.15. The Balaban J connectivity index is 2.06. The van der Waals surface area contributed by atoms with Crippen molar-refractivity contribution in [3.05, 3.63) is 46.5 Å². The van der Waals surface area contributed by atoms with Crippen LogP contribution in [0, 0.1) is 5.82 Å². The molecule has 1 heterocycles. The van der Waals surface area contributed by atoms with Crippen LogP contribution in [0.4, 0.5) is 4.39 Å². The fourth-order valence-corrected chi connectivity index (χ4v) is 1.77. The summed E-state index contributed by atoms with van der Waals surface area (Å²) in [6.07, 6.45) is 3.07. The van der Waals surface area contributed by atoms with Gasteiger partial charge in [0.1, 0.15) is 5.82 Å². The Morgan fingerprint density at radius 1 is 1.39 bits per heavy atom. The van der Waals surface area contributed by atoms with Crippen LogP contribution in [0.1, 0.15) is 17.7 Å². The molecule has 1 aromatic carbocycles. The summed E-state index contributed by atoms with van der Waals surface area (Å²) in [4.78, 5) is 0. The van der Waals surface area contributed by atoms with Crippen molar-refractivity contribution in [1.29, 1.82) is 0 Å². The molecule has 0 fully saturated rings. The van der Waals surface area contributed by atoms with E-state index in [1.54, 1.807) is 23.0 Å². The molecule has 0 bridgehead atoms. The van der Waals surface area contributed by atoms with Gasteiger partial charge >= 0.3 is 0 Å². The number of aromatic nitrogens is 3. The van der Waals surface area contributed by atoms with Crippen molar-refractivity contribution < 1.29 is 9.50 Å². The highest BCUT2D eigenvalue weighted by Gasteiger charge is 2.06. The van der Waals surface area contributed by atoms with E-state index in [0.29, 0.717) is 30.0 Å². The molecule has 18 heavy (non-hydrogen) atoms. The van der Waals surface area contributed by atoms with Gasteiger partial charge in [0.15, 0.2) is 0 Å². The maximum absolute atomic E-state index is 13.6. The van der Waals surface area contributed by atoms with Gasteiger partial charge in [-0.1, -0.05) is 22.9 Å². The van der Waals surface area contributed by atoms with Crippen molar-refractivity contribution in [3.63, 3.8) is 0 Å². The number of nitrogens with zero attached hydrogens (tertiary/aromatic N) is 3. The number of aryl methyl sites for hydroxylation is 1. The molecule has 2 aromatic rings. The maximum Gasteiger partial charge on any atom is 0.129 e. The minimum Gasteiger partial charge on any atom is -0.396 e. The second kappa shape index (κ2) is 5.93. The van der Waals surface area contributed by atoms with Crippen molar-refractivity contribution in [2.45, 2.75) is 19.4 Å². The van der Waals surface area contributed by atoms with E-state index in [9.17, 15) is 4.39 Å². The SMILES string of the molecule is OCCCc1cn(Cc2ccc(Cl)cc2F)nn1. The van der Waals surface area contributed by atoms with Crippen LogP contribution in [0.3, 0.4) is 0 Å². The van der Waals surface area contributed by atoms with Gasteiger partial charge in [-0.3, -0.25) is 0 Å². The molecule has 1 N–H and O–H groups in total. The Morgan fingerprint density at radius 3 is 2.94 bits per heavy atom. The Bertz CT molecular complexity index is 530. The number of benzene rings is 1. The van der Waals surface area contributed by atoms with E-state index < -0.39 is 0 Å². The topological polar surface area (TPSA) is 50.9 Å². The van der Waals surface area contributed by atoms with Gasteiger partial charge in [0.2, 0.25) is 0 Å². The number of rotatable bonds is 5. The fraction of sp³-hybridized carbons (Fsp3) is 0.333. The fourth-order valence-electron chi connectivity index (χ4n) is 1.61. The summed E-state index contributed by atoms with van der Waals surface area (Å²) >= 11 is 5.68. The van der Waals surface area contributed by atoms with Crippen molar-refractivity contribution in [1.82, 2.24) is 15.0 Å². The lowest BCUT2D eigenvalue weighted by atomic mass is 10.2. The molecule has 96 valence electrons. The Kier molecular flexibility index (Phi) is 4.28. The minimum atomic E-state index is -0.352. The van der Waals surface area contributed by atoms with E-state index in [4.69, 9.17) is 16.7 Å². The minimum absolute atomic E-state index is 0.124. The molecule has 1 aromatic heterocycles. The Hall–Kier alpha value is -1.46. The Morgan fingerprint density at radius 2 is 2.22 bits per heavy atom. The first kappa shape index (κ1) is 13.0. The van der Waals surface area contributed by atoms with E-state index in [1.165, 1.54) is 6.07 Å². The van der Waals surface area contributed by atoms with Gasteiger partial charge in [-0.2, -0.15) is 0 Å². The van der Waals surface area contributed by atoms with Crippen LogP contribution in [0.5, 0.6) is 0 Å². The Labute approximate surface area is 109 Å². The van der Waals surface area contributed by atoms with Crippen LogP contribution in [-0.2, 0) is 13.0 Å². The third-order valence-electron chi connectivity index (χ3n) is 2.52. The van der Waals surface area contributed by atoms with Gasteiger partial charge in [-0.25, -0.2) is 9.07 Å². The van der Waals surface area contributed by atoms with E-state index in [2.05, 4.69) is 10.3 Å². The van der Waals surface area contributed by atoms with Crippen molar-refractivity contribution in [3.8, 4) is 0 Å². The molecule has 4 nitrogen and oxygen atoms in total. The molecule has 0 spiro atoms. The van der Waals surface area contributed by atoms with Gasteiger partial charge in [-0.15, -0.1) is 5.10 Å². The summed E-state index contributed by atoms with van der Waals surface area (Å²) in [6, 6.07) is 4.55. The largest absolute Gasteiger partial charge is 0.396 e. The quantitative estimate of drug-likeness (QED) is 0.904. The summed E-state index contributed by atoms with van der Waals surface area (Å²) < 4.78 is 15.1. The first-order valence-corrected chi connectivity index (χ1v) is 6.00. The normalized spacial score (nSPS) is 10.8. The smallest absolute Gasteiger partial charge is 0.129 e. The zero-order valence-corrected chi connectivity index (χ0v) is 10.4. The van der Waals surface area contributed by atoms with Crippen LogP contribution < -0.4 is 0 Å². The number of hydrogen-bond donors (Lipinski definition) is 1. The summed E-state index contributed by atoms with van der Waals surface area (Å²) in [5.41, 5.74) is 1.30. The monoisotopic (exact) mass is 269 g/mol. The lowest BCUT2D eigenvalue weighted by Gasteiger charge is -2.02. The lowest BCUT2D eigenvalue weighted by molar-refractivity contribution is 0.288. The molecule has 6 heteroatoms. The number of halogens is 2. The highest BCUT2D eigenvalue weighted by molar-refractivity contribution is 6.30. The van der Waals surface area contributed by atoms with Crippen molar-refractivity contribution >= 4 is 11.6 Å². The van der Waals surface area contributed by atoms with Crippen LogP contribution in [-0.4, -0.2) is 26.7 Å². The molecule has 0 atom stereocenters. The predicted octanol–water partition coefficient (Wildman–Crippen LogP) is 2.04. The molecular weight excluding hydrogens is 257 g/mol. The summed E-state index contributed by atoms with van der Waals surface area (Å²) in [5, 5.41) is 17.0. The van der Waals surface area contributed by atoms with Gasteiger partial charge in [-0.05, 0) is 25.0 Å². The summed E-state index contributed by atoms with van der Waals surface area (Å²) in [7, 11) is 0. The van der Waals surface area contributed by atoms with Gasteiger partial charge in [0.05, 0.1) is 12.2 Å². The van der Waals surface area contributed by atoms with Crippen molar-refractivity contribution in [2.75, 3.05) is 6.61 Å². The lowest BCUT2D eigenvalue weighted by Crippen LogP contribution is -2.02. The van der Waals surface area contributed by atoms with E-state index in [-0.39, 0.29) is 12.4 Å². The van der Waals surface area contributed by atoms with Crippen LogP contribution in [0.15, 0.2) is 24.4 Å². The molecule has 0 aliphatic heterocycles. The molecule has 2 rings (SSSR count).